The van der Waals surface area contributed by atoms with Crippen molar-refractivity contribution in [1.82, 2.24) is 9.97 Å². The van der Waals surface area contributed by atoms with Crippen LogP contribution in [0.4, 0.5) is 5.82 Å². The Labute approximate surface area is 143 Å². The number of benzene rings is 1. The van der Waals surface area contributed by atoms with Crippen LogP contribution in [0.3, 0.4) is 0 Å². The number of nitrogens with zero attached hydrogens (tertiary/aromatic N) is 2. The number of aromatic nitrogens is 2. The van der Waals surface area contributed by atoms with Crippen molar-refractivity contribution in [2.24, 2.45) is 5.84 Å². The molecule has 0 unspecified atom stereocenters. The van der Waals surface area contributed by atoms with E-state index in [9.17, 15) is 0 Å². The smallest absolute Gasteiger partial charge is 0.225 e. The van der Waals surface area contributed by atoms with Crippen LogP contribution in [0.1, 0.15) is 0 Å². The molecule has 21 heavy (non-hydrogen) atoms. The lowest BCUT2D eigenvalue weighted by Crippen LogP contribution is -2.09. The molecule has 1 aromatic carbocycles. The molecule has 0 aliphatic carbocycles. The Hall–Kier alpha value is -1.03. The summed E-state index contributed by atoms with van der Waals surface area (Å²) in [6.07, 6.45) is 1.87. The fraction of sp³-hybridized carbons (Fsp3) is 0.167. The van der Waals surface area contributed by atoms with Crippen LogP contribution >= 0.6 is 43.6 Å². The average molecular weight is 436 g/mol. The quantitative estimate of drug-likeness (QED) is 0.319. The summed E-state index contributed by atoms with van der Waals surface area (Å²) in [6.45, 7) is 0. The van der Waals surface area contributed by atoms with Gasteiger partial charge in [-0.15, -0.1) is 0 Å². The fourth-order valence-electron chi connectivity index (χ4n) is 1.48. The predicted molar refractivity (Wildman–Crippen MR) is 90.1 cm³/mol. The first-order valence-corrected chi connectivity index (χ1v) is 8.49. The molecule has 0 aliphatic heterocycles. The second-order valence-electron chi connectivity index (χ2n) is 3.74. The predicted octanol–water partition coefficient (Wildman–Crippen LogP) is 3.81. The summed E-state index contributed by atoms with van der Waals surface area (Å²) in [5.74, 6) is 7.55. The zero-order valence-electron chi connectivity index (χ0n) is 11.2. The molecule has 0 saturated heterocycles. The molecule has 2 aromatic rings. The van der Waals surface area contributed by atoms with E-state index in [4.69, 9.17) is 15.3 Å². The highest BCUT2D eigenvalue weighted by molar-refractivity contribution is 9.11. The lowest BCUT2D eigenvalue weighted by atomic mass is 10.3. The molecule has 0 spiro atoms. The number of halogens is 2. The van der Waals surface area contributed by atoms with E-state index in [2.05, 4.69) is 47.3 Å². The van der Waals surface area contributed by atoms with Gasteiger partial charge in [0.2, 0.25) is 5.88 Å². The van der Waals surface area contributed by atoms with Crippen LogP contribution in [0.5, 0.6) is 17.4 Å². The van der Waals surface area contributed by atoms with Crippen molar-refractivity contribution in [1.29, 1.82) is 0 Å². The monoisotopic (exact) mass is 434 g/mol. The van der Waals surface area contributed by atoms with Gasteiger partial charge in [-0.1, -0.05) is 11.8 Å². The van der Waals surface area contributed by atoms with Gasteiger partial charge < -0.3 is 14.9 Å². The topological polar surface area (TPSA) is 82.3 Å². The highest BCUT2D eigenvalue weighted by atomic mass is 79.9. The second-order valence-corrected chi connectivity index (χ2v) is 6.22. The molecule has 0 saturated carbocycles. The van der Waals surface area contributed by atoms with Crippen LogP contribution < -0.4 is 20.7 Å². The Kier molecular flexibility index (Phi) is 5.68. The number of nitrogens with two attached hydrogens (primary N) is 1. The average Bonchev–Trinajstić information content (AvgIpc) is 2.50. The van der Waals surface area contributed by atoms with E-state index in [0.717, 1.165) is 8.95 Å². The second kappa shape index (κ2) is 7.30. The van der Waals surface area contributed by atoms with Crippen molar-refractivity contribution in [2.45, 2.75) is 5.16 Å². The number of anilines is 1. The van der Waals surface area contributed by atoms with Gasteiger partial charge in [0.25, 0.3) is 0 Å². The Morgan fingerprint density at radius 3 is 2.43 bits per heavy atom. The molecule has 6 nitrogen and oxygen atoms in total. The van der Waals surface area contributed by atoms with E-state index in [-0.39, 0.29) is 0 Å². The third kappa shape index (κ3) is 4.00. The minimum Gasteiger partial charge on any atom is -0.496 e. The van der Waals surface area contributed by atoms with Gasteiger partial charge in [-0.3, -0.25) is 0 Å². The zero-order valence-corrected chi connectivity index (χ0v) is 15.2. The maximum atomic E-state index is 5.78. The molecule has 0 atom stereocenters. The van der Waals surface area contributed by atoms with Gasteiger partial charge >= 0.3 is 0 Å². The summed E-state index contributed by atoms with van der Waals surface area (Å²) in [5, 5.41) is 0.559. The SMILES string of the molecule is COc1cc(Br)c(Oc2cc(NN)nc(SC)n2)cc1Br. The molecule has 0 radical (unpaired) electrons. The standard InChI is InChI=1S/C12H12Br2N4O2S/c1-19-8-3-7(14)9(4-6(8)13)20-11-5-10(18-15)16-12(17-11)21-2/h3-5H,15H2,1-2H3,(H,16,17,18). The van der Waals surface area contributed by atoms with Crippen molar-refractivity contribution in [3.63, 3.8) is 0 Å². The van der Waals surface area contributed by atoms with Crippen molar-refractivity contribution in [3.8, 4) is 17.4 Å². The van der Waals surface area contributed by atoms with E-state index in [1.807, 2.05) is 6.26 Å². The molecule has 9 heteroatoms. The van der Waals surface area contributed by atoms with Gasteiger partial charge in [0.15, 0.2) is 5.16 Å². The molecular weight excluding hydrogens is 424 g/mol. The zero-order chi connectivity index (χ0) is 15.4. The summed E-state index contributed by atoms with van der Waals surface area (Å²) in [6, 6.07) is 5.21. The highest BCUT2D eigenvalue weighted by Crippen LogP contribution is 2.38. The molecule has 1 aromatic heterocycles. The van der Waals surface area contributed by atoms with Crippen molar-refractivity contribution in [2.75, 3.05) is 18.8 Å². The lowest BCUT2D eigenvalue weighted by molar-refractivity contribution is 0.408. The fourth-order valence-corrected chi connectivity index (χ4v) is 2.74. The first-order valence-electron chi connectivity index (χ1n) is 5.68. The van der Waals surface area contributed by atoms with E-state index in [0.29, 0.717) is 28.4 Å². The molecule has 112 valence electrons. The number of rotatable bonds is 5. The van der Waals surface area contributed by atoms with E-state index >= 15 is 0 Å². The Balaban J connectivity index is 2.35. The van der Waals surface area contributed by atoms with Gasteiger partial charge in [-0.05, 0) is 50.2 Å². The van der Waals surface area contributed by atoms with Crippen LogP contribution in [0, 0.1) is 0 Å². The molecule has 0 aliphatic rings. The molecule has 0 amide bonds. The van der Waals surface area contributed by atoms with Crippen molar-refractivity contribution in [3.05, 3.63) is 27.1 Å². The molecule has 0 bridgehead atoms. The van der Waals surface area contributed by atoms with Crippen molar-refractivity contribution < 1.29 is 9.47 Å². The largest absolute Gasteiger partial charge is 0.496 e. The molecule has 0 fully saturated rings. The third-order valence-corrected chi connectivity index (χ3v) is 4.22. The normalized spacial score (nSPS) is 10.3. The number of nitrogen functional groups attached to an aromatic ring is 1. The Bertz CT molecular complexity index is 635. The summed E-state index contributed by atoms with van der Waals surface area (Å²) >= 11 is 8.25. The number of hydrazine groups is 1. The van der Waals surface area contributed by atoms with E-state index in [1.54, 1.807) is 25.3 Å². The number of thioether (sulfide) groups is 1. The Morgan fingerprint density at radius 2 is 1.81 bits per heavy atom. The number of nitrogens with one attached hydrogen (secondary N) is 1. The van der Waals surface area contributed by atoms with Gasteiger partial charge in [0.05, 0.1) is 16.1 Å². The molecular formula is C12H12Br2N4O2S. The van der Waals surface area contributed by atoms with Crippen LogP contribution in [0.15, 0.2) is 32.3 Å². The first kappa shape index (κ1) is 16.3. The van der Waals surface area contributed by atoms with E-state index < -0.39 is 0 Å². The van der Waals surface area contributed by atoms with Crippen LogP contribution in [0.25, 0.3) is 0 Å². The summed E-state index contributed by atoms with van der Waals surface area (Å²) in [5.41, 5.74) is 2.49. The van der Waals surface area contributed by atoms with Crippen LogP contribution in [0.2, 0.25) is 0 Å². The number of hydrogen-bond acceptors (Lipinski definition) is 7. The van der Waals surface area contributed by atoms with Crippen molar-refractivity contribution >= 4 is 49.4 Å². The van der Waals surface area contributed by atoms with Gasteiger partial charge in [0, 0.05) is 6.07 Å². The Morgan fingerprint density at radius 1 is 1.14 bits per heavy atom. The summed E-state index contributed by atoms with van der Waals surface area (Å²) < 4.78 is 12.5. The lowest BCUT2D eigenvalue weighted by Gasteiger charge is -2.11. The highest BCUT2D eigenvalue weighted by Gasteiger charge is 2.11. The molecule has 1 heterocycles. The number of hydrogen-bond donors (Lipinski definition) is 2. The first-order chi connectivity index (χ1) is 10.1. The van der Waals surface area contributed by atoms with Gasteiger partial charge in [0.1, 0.15) is 17.3 Å². The number of ether oxygens (including phenoxy) is 2. The minimum atomic E-state index is 0.389. The maximum Gasteiger partial charge on any atom is 0.225 e. The van der Waals surface area contributed by atoms with Gasteiger partial charge in [-0.2, -0.15) is 4.98 Å². The van der Waals surface area contributed by atoms with Gasteiger partial charge in [-0.25, -0.2) is 10.8 Å². The van der Waals surface area contributed by atoms with Crippen LogP contribution in [-0.2, 0) is 0 Å². The van der Waals surface area contributed by atoms with Crippen LogP contribution in [-0.4, -0.2) is 23.3 Å². The molecule has 3 N–H and O–H groups in total. The van der Waals surface area contributed by atoms with E-state index in [1.165, 1.54) is 11.8 Å². The number of methoxy groups -OCH3 is 1. The minimum absolute atomic E-state index is 0.389. The summed E-state index contributed by atoms with van der Waals surface area (Å²) in [4.78, 5) is 8.45. The maximum absolute atomic E-state index is 5.78. The summed E-state index contributed by atoms with van der Waals surface area (Å²) in [7, 11) is 1.60. The third-order valence-electron chi connectivity index (χ3n) is 2.43. The molecule has 2 rings (SSSR count).